The van der Waals surface area contributed by atoms with E-state index >= 15 is 0 Å². The molecule has 1 aromatic carbocycles. The van der Waals surface area contributed by atoms with Crippen LogP contribution in [0.25, 0.3) is 10.2 Å². The van der Waals surface area contributed by atoms with Gasteiger partial charge in [-0.3, -0.25) is 4.79 Å². The van der Waals surface area contributed by atoms with Crippen molar-refractivity contribution in [2.45, 2.75) is 43.6 Å². The Morgan fingerprint density at radius 3 is 2.36 bits per heavy atom. The van der Waals surface area contributed by atoms with Crippen LogP contribution in [-0.4, -0.2) is 64.2 Å². The van der Waals surface area contributed by atoms with Crippen LogP contribution in [0.1, 0.15) is 42.4 Å². The Labute approximate surface area is 198 Å². The third-order valence-electron chi connectivity index (χ3n) is 6.96. The average molecular weight is 488 g/mol. The van der Waals surface area contributed by atoms with Gasteiger partial charge in [0.1, 0.15) is 5.82 Å². The number of fused-ring (bicyclic) bond motifs is 1. The van der Waals surface area contributed by atoms with Gasteiger partial charge in [0.25, 0.3) is 10.0 Å². The van der Waals surface area contributed by atoms with Crippen molar-refractivity contribution < 1.29 is 13.2 Å². The topological polar surface area (TPSA) is 88.4 Å². The van der Waals surface area contributed by atoms with Gasteiger partial charge in [-0.15, -0.1) is 11.3 Å². The number of aryl methyl sites for hydroxylation is 2. The Bertz CT molecular complexity index is 1210. The molecule has 8 nitrogen and oxygen atoms in total. The number of amides is 1. The van der Waals surface area contributed by atoms with E-state index in [1.165, 1.54) is 14.0 Å². The number of para-hydroxylation sites is 1. The Morgan fingerprint density at radius 1 is 1.03 bits per heavy atom. The molecule has 0 radical (unpaired) electrons. The van der Waals surface area contributed by atoms with E-state index in [-0.39, 0.29) is 16.9 Å². The van der Waals surface area contributed by atoms with Crippen LogP contribution in [0.3, 0.4) is 0 Å². The molecule has 2 aliphatic heterocycles. The van der Waals surface area contributed by atoms with Crippen LogP contribution in [0.5, 0.6) is 0 Å². The molecule has 0 bridgehead atoms. The molecule has 2 saturated heterocycles. The highest BCUT2D eigenvalue weighted by Crippen LogP contribution is 2.34. The fraction of sp³-hybridized carbons (Fsp3) is 0.522. The number of aromatic nitrogens is 3. The lowest BCUT2D eigenvalue weighted by Gasteiger charge is -2.36. The quantitative estimate of drug-likeness (QED) is 0.564. The number of sulfonamides is 1. The van der Waals surface area contributed by atoms with E-state index in [1.807, 2.05) is 17.0 Å². The van der Waals surface area contributed by atoms with Gasteiger partial charge in [0.05, 0.1) is 15.2 Å². The molecule has 4 heterocycles. The number of nitrogens with zero attached hydrogens (tertiary/aromatic N) is 5. The summed E-state index contributed by atoms with van der Waals surface area (Å²) in [5, 5.41) is 1.26. The van der Waals surface area contributed by atoms with Crippen molar-refractivity contribution >= 4 is 37.5 Å². The summed E-state index contributed by atoms with van der Waals surface area (Å²) in [7, 11) is -1.83. The molecule has 2 fully saturated rings. The fourth-order valence-electron chi connectivity index (χ4n) is 4.80. The second-order valence-electron chi connectivity index (χ2n) is 9.04. The van der Waals surface area contributed by atoms with Gasteiger partial charge in [0, 0.05) is 51.3 Å². The van der Waals surface area contributed by atoms with Crippen LogP contribution in [0.2, 0.25) is 0 Å². The van der Waals surface area contributed by atoms with Crippen molar-refractivity contribution in [2.75, 3.05) is 26.2 Å². The first-order valence-corrected chi connectivity index (χ1v) is 13.7. The minimum Gasteiger partial charge on any atom is -0.342 e. The second kappa shape index (κ2) is 8.81. The number of likely N-dealkylation sites (tertiary alicyclic amines) is 1. The van der Waals surface area contributed by atoms with E-state index in [2.05, 4.69) is 17.1 Å². The van der Waals surface area contributed by atoms with Gasteiger partial charge in [-0.2, -0.15) is 4.31 Å². The molecule has 33 heavy (non-hydrogen) atoms. The van der Waals surface area contributed by atoms with E-state index in [0.29, 0.717) is 37.7 Å². The molecule has 0 unspecified atom stereocenters. The van der Waals surface area contributed by atoms with Crippen LogP contribution >= 0.6 is 11.3 Å². The highest BCUT2D eigenvalue weighted by atomic mass is 32.2. The predicted molar refractivity (Wildman–Crippen MR) is 128 cm³/mol. The molecule has 0 spiro atoms. The van der Waals surface area contributed by atoms with Crippen molar-refractivity contribution in [3.05, 3.63) is 41.3 Å². The third-order valence-corrected chi connectivity index (χ3v) is 9.93. The maximum Gasteiger partial charge on any atom is 0.262 e. The smallest absolute Gasteiger partial charge is 0.262 e. The monoisotopic (exact) mass is 487 g/mol. The number of imidazole rings is 1. The number of piperidine rings is 2. The first-order valence-electron chi connectivity index (χ1n) is 11.5. The van der Waals surface area contributed by atoms with E-state index in [0.717, 1.165) is 31.4 Å². The Hall–Kier alpha value is -2.30. The minimum atomic E-state index is -3.62. The number of benzene rings is 1. The fourth-order valence-corrected chi connectivity index (χ4v) is 7.43. The van der Waals surface area contributed by atoms with Crippen LogP contribution in [-0.2, 0) is 21.9 Å². The number of carbonyl (C=O) groups excluding carboxylic acids is 1. The second-order valence-corrected chi connectivity index (χ2v) is 12.0. The number of rotatable bonds is 4. The number of hydrogen-bond donors (Lipinski definition) is 0. The molecule has 10 heteroatoms. The summed E-state index contributed by atoms with van der Waals surface area (Å²) in [4.78, 5) is 24.1. The average Bonchev–Trinajstić information content (AvgIpc) is 3.42. The zero-order valence-corrected chi connectivity index (χ0v) is 20.6. The molecule has 0 aliphatic carbocycles. The lowest BCUT2D eigenvalue weighted by atomic mass is 9.93. The van der Waals surface area contributed by atoms with Gasteiger partial charge in [-0.05, 0) is 44.7 Å². The summed E-state index contributed by atoms with van der Waals surface area (Å²) in [5.74, 6) is 1.12. The molecule has 176 valence electrons. The summed E-state index contributed by atoms with van der Waals surface area (Å²) in [6, 6.07) is 8.22. The highest BCUT2D eigenvalue weighted by Gasteiger charge is 2.36. The molecule has 0 N–H and O–H groups in total. The van der Waals surface area contributed by atoms with E-state index in [1.54, 1.807) is 36.1 Å². The Morgan fingerprint density at radius 2 is 1.73 bits per heavy atom. The first-order chi connectivity index (χ1) is 15.8. The van der Waals surface area contributed by atoms with Crippen LogP contribution in [0.4, 0.5) is 0 Å². The minimum absolute atomic E-state index is 0.0872. The van der Waals surface area contributed by atoms with E-state index in [4.69, 9.17) is 4.98 Å². The van der Waals surface area contributed by atoms with E-state index in [9.17, 15) is 13.2 Å². The number of carbonyl (C=O) groups is 1. The van der Waals surface area contributed by atoms with Crippen molar-refractivity contribution in [1.29, 1.82) is 0 Å². The van der Waals surface area contributed by atoms with E-state index < -0.39 is 10.0 Å². The van der Waals surface area contributed by atoms with Gasteiger partial charge >= 0.3 is 0 Å². The van der Waals surface area contributed by atoms with Gasteiger partial charge in [-0.1, -0.05) is 12.1 Å². The molecule has 0 atom stereocenters. The SMILES string of the molecule is Cc1nc(S(=O)(=O)N2CCC(C(=O)N3CCC(c4nc5ccccc5s4)CC3)CC2)cn1C. The molecular weight excluding hydrogens is 458 g/mol. The van der Waals surface area contributed by atoms with Gasteiger partial charge in [0.15, 0.2) is 5.03 Å². The van der Waals surface area contributed by atoms with Crippen LogP contribution < -0.4 is 0 Å². The lowest BCUT2D eigenvalue weighted by Crippen LogP contribution is -2.46. The maximum atomic E-state index is 13.1. The summed E-state index contributed by atoms with van der Waals surface area (Å²) in [6.45, 7) is 3.98. The third kappa shape index (κ3) is 4.31. The number of hydrogen-bond acceptors (Lipinski definition) is 6. The molecular formula is C23H29N5O3S2. The van der Waals surface area contributed by atoms with Crippen molar-refractivity contribution in [3.63, 3.8) is 0 Å². The highest BCUT2D eigenvalue weighted by molar-refractivity contribution is 7.89. The van der Waals surface area contributed by atoms with Crippen molar-refractivity contribution in [1.82, 2.24) is 23.7 Å². The van der Waals surface area contributed by atoms with Crippen molar-refractivity contribution in [3.8, 4) is 0 Å². The molecule has 2 aliphatic rings. The predicted octanol–water partition coefficient (Wildman–Crippen LogP) is 3.15. The zero-order valence-electron chi connectivity index (χ0n) is 19.0. The molecule has 1 amide bonds. The van der Waals surface area contributed by atoms with Crippen molar-refractivity contribution in [2.24, 2.45) is 13.0 Å². The summed E-state index contributed by atoms with van der Waals surface area (Å²) in [6.07, 6.45) is 4.52. The zero-order chi connectivity index (χ0) is 23.2. The molecule has 0 saturated carbocycles. The maximum absolute atomic E-state index is 13.1. The van der Waals surface area contributed by atoms with Gasteiger partial charge in [0.2, 0.25) is 5.91 Å². The largest absolute Gasteiger partial charge is 0.342 e. The Balaban J connectivity index is 1.16. The Kier molecular flexibility index (Phi) is 6.00. The summed E-state index contributed by atoms with van der Waals surface area (Å²) < 4.78 is 30.2. The molecule has 5 rings (SSSR count). The lowest BCUT2D eigenvalue weighted by molar-refractivity contribution is -0.137. The van der Waals surface area contributed by atoms with Crippen LogP contribution in [0, 0.1) is 12.8 Å². The standard InChI is InChI=1S/C23H29N5O3S2/c1-16-24-21(15-26(16)2)33(30,31)28-13-9-18(10-14-28)23(29)27-11-7-17(8-12-27)22-25-19-5-3-4-6-20(19)32-22/h3-6,15,17-18H,7-14H2,1-2H3. The summed E-state index contributed by atoms with van der Waals surface area (Å²) in [5.41, 5.74) is 1.05. The normalized spacial score (nSPS) is 19.4. The van der Waals surface area contributed by atoms with Gasteiger partial charge in [-0.25, -0.2) is 18.4 Å². The summed E-state index contributed by atoms with van der Waals surface area (Å²) >= 11 is 1.76. The van der Waals surface area contributed by atoms with Crippen LogP contribution in [0.15, 0.2) is 35.5 Å². The molecule has 3 aromatic rings. The van der Waals surface area contributed by atoms with Gasteiger partial charge < -0.3 is 9.47 Å². The molecule has 2 aromatic heterocycles. The first kappa shape index (κ1) is 22.5. The number of thiazole rings is 1.